The third kappa shape index (κ3) is 1.88. The van der Waals surface area contributed by atoms with Gasteiger partial charge in [0.25, 0.3) is 0 Å². The number of imide groups is 1. The molecule has 19 heavy (non-hydrogen) atoms. The minimum atomic E-state index is -0.819. The van der Waals surface area contributed by atoms with Crippen molar-refractivity contribution in [1.82, 2.24) is 4.90 Å². The molecule has 3 rings (SSSR count). The van der Waals surface area contributed by atoms with Gasteiger partial charge in [0.05, 0.1) is 17.8 Å². The van der Waals surface area contributed by atoms with Crippen molar-refractivity contribution >= 4 is 17.8 Å². The fourth-order valence-corrected chi connectivity index (χ4v) is 3.60. The normalized spacial score (nSPS) is 37.8. The molecule has 3 aliphatic rings. The van der Waals surface area contributed by atoms with Gasteiger partial charge in [0, 0.05) is 6.04 Å². The van der Waals surface area contributed by atoms with Crippen LogP contribution in [-0.4, -0.2) is 33.8 Å². The Bertz CT molecular complexity index is 444. The van der Waals surface area contributed by atoms with E-state index in [1.807, 2.05) is 12.2 Å². The summed E-state index contributed by atoms with van der Waals surface area (Å²) in [7, 11) is 0. The van der Waals surface area contributed by atoms with Gasteiger partial charge in [-0.1, -0.05) is 12.2 Å². The zero-order chi connectivity index (χ0) is 13.6. The minimum Gasteiger partial charge on any atom is -0.481 e. The first-order valence-corrected chi connectivity index (χ1v) is 6.84. The lowest BCUT2D eigenvalue weighted by atomic mass is 9.85. The molecule has 1 aliphatic heterocycles. The number of hydrogen-bond donors (Lipinski definition) is 1. The number of rotatable bonds is 2. The van der Waals surface area contributed by atoms with E-state index >= 15 is 0 Å². The minimum absolute atomic E-state index is 0.0876. The van der Waals surface area contributed by atoms with Crippen molar-refractivity contribution in [2.24, 2.45) is 17.8 Å². The molecular weight excluding hydrogens is 246 g/mol. The molecule has 0 radical (unpaired) electrons. The average molecular weight is 263 g/mol. The number of carbonyl (C=O) groups excluding carboxylic acids is 2. The Kier molecular flexibility index (Phi) is 2.92. The number of allylic oxidation sites excluding steroid dienone is 2. The van der Waals surface area contributed by atoms with Crippen LogP contribution in [0.4, 0.5) is 0 Å². The molecule has 2 aliphatic carbocycles. The number of hydrogen-bond acceptors (Lipinski definition) is 3. The molecule has 4 atom stereocenters. The second-order valence-corrected chi connectivity index (χ2v) is 5.70. The maximum Gasteiger partial charge on any atom is 0.306 e. The van der Waals surface area contributed by atoms with E-state index in [0.29, 0.717) is 32.1 Å². The van der Waals surface area contributed by atoms with E-state index in [1.165, 1.54) is 4.90 Å². The number of nitrogens with zero attached hydrogens (tertiary/aromatic N) is 1. The van der Waals surface area contributed by atoms with Crippen LogP contribution in [0.15, 0.2) is 12.2 Å². The fraction of sp³-hybridized carbons (Fsp3) is 0.643. The van der Waals surface area contributed by atoms with Gasteiger partial charge in [-0.3, -0.25) is 19.3 Å². The lowest BCUT2D eigenvalue weighted by molar-refractivity contribution is -0.145. The summed E-state index contributed by atoms with van der Waals surface area (Å²) in [5.41, 5.74) is 0. The molecule has 0 aromatic rings. The molecule has 5 nitrogen and oxygen atoms in total. The van der Waals surface area contributed by atoms with E-state index in [4.69, 9.17) is 5.11 Å². The first-order valence-electron chi connectivity index (χ1n) is 6.84. The zero-order valence-corrected chi connectivity index (χ0v) is 10.6. The number of carboxylic acid groups (broad SMARTS) is 1. The topological polar surface area (TPSA) is 74.7 Å². The highest BCUT2D eigenvalue weighted by Crippen LogP contribution is 2.40. The average Bonchev–Trinajstić information content (AvgIpc) is 2.96. The molecule has 2 unspecified atom stereocenters. The summed E-state index contributed by atoms with van der Waals surface area (Å²) in [4.78, 5) is 37.0. The molecular formula is C14H17NO4. The lowest BCUT2D eigenvalue weighted by Gasteiger charge is -2.22. The molecule has 0 aromatic carbocycles. The van der Waals surface area contributed by atoms with Gasteiger partial charge in [-0.05, 0) is 32.1 Å². The molecule has 102 valence electrons. The van der Waals surface area contributed by atoms with Gasteiger partial charge >= 0.3 is 5.97 Å². The van der Waals surface area contributed by atoms with Crippen molar-refractivity contribution in [2.45, 2.75) is 38.1 Å². The van der Waals surface area contributed by atoms with Crippen LogP contribution in [0.5, 0.6) is 0 Å². The number of aliphatic carboxylic acids is 1. The number of fused-ring (bicyclic) bond motifs is 1. The molecule has 1 heterocycles. The Morgan fingerprint density at radius 1 is 1.11 bits per heavy atom. The van der Waals surface area contributed by atoms with Crippen molar-refractivity contribution in [1.29, 1.82) is 0 Å². The number of carboxylic acids is 1. The summed E-state index contributed by atoms with van der Waals surface area (Å²) in [6, 6.07) is -0.202. The fourth-order valence-electron chi connectivity index (χ4n) is 3.60. The van der Waals surface area contributed by atoms with Gasteiger partial charge in [-0.15, -0.1) is 0 Å². The van der Waals surface area contributed by atoms with Crippen molar-refractivity contribution in [3.05, 3.63) is 12.2 Å². The van der Waals surface area contributed by atoms with E-state index in [1.54, 1.807) is 0 Å². The van der Waals surface area contributed by atoms with Gasteiger partial charge in [0.1, 0.15) is 0 Å². The van der Waals surface area contributed by atoms with E-state index in [-0.39, 0.29) is 29.7 Å². The van der Waals surface area contributed by atoms with Crippen LogP contribution in [-0.2, 0) is 14.4 Å². The van der Waals surface area contributed by atoms with Crippen LogP contribution in [0, 0.1) is 17.8 Å². The Hall–Kier alpha value is -1.65. The second kappa shape index (κ2) is 4.47. The molecule has 5 heteroatoms. The Morgan fingerprint density at radius 3 is 2.16 bits per heavy atom. The van der Waals surface area contributed by atoms with E-state index < -0.39 is 11.9 Å². The largest absolute Gasteiger partial charge is 0.481 e. The van der Waals surface area contributed by atoms with Crippen molar-refractivity contribution in [2.75, 3.05) is 0 Å². The predicted molar refractivity (Wildman–Crippen MR) is 66.0 cm³/mol. The standard InChI is InChI=1S/C14H17NO4/c16-12-10-3-1-2-4-11(10)13(17)15(12)9-6-5-8(7-9)14(18)19/h1-2,8-11H,3-7H2,(H,18,19)/t8?,9?,10-,11+. The monoisotopic (exact) mass is 263 g/mol. The van der Waals surface area contributed by atoms with Crippen LogP contribution >= 0.6 is 0 Å². The third-order valence-electron chi connectivity index (χ3n) is 4.66. The van der Waals surface area contributed by atoms with Crippen LogP contribution in [0.1, 0.15) is 32.1 Å². The van der Waals surface area contributed by atoms with E-state index in [0.717, 1.165) is 0 Å². The summed E-state index contributed by atoms with van der Waals surface area (Å²) in [6.07, 6.45) is 6.81. The van der Waals surface area contributed by atoms with Gasteiger partial charge < -0.3 is 5.11 Å². The Morgan fingerprint density at radius 2 is 1.68 bits per heavy atom. The van der Waals surface area contributed by atoms with Gasteiger partial charge in [0.2, 0.25) is 11.8 Å². The van der Waals surface area contributed by atoms with Gasteiger partial charge in [-0.25, -0.2) is 0 Å². The van der Waals surface area contributed by atoms with Crippen molar-refractivity contribution < 1.29 is 19.5 Å². The third-order valence-corrected chi connectivity index (χ3v) is 4.66. The highest BCUT2D eigenvalue weighted by Gasteiger charge is 2.51. The van der Waals surface area contributed by atoms with E-state index in [2.05, 4.69) is 0 Å². The molecule has 0 bridgehead atoms. The van der Waals surface area contributed by atoms with Crippen LogP contribution < -0.4 is 0 Å². The summed E-state index contributed by atoms with van der Waals surface area (Å²) >= 11 is 0. The highest BCUT2D eigenvalue weighted by atomic mass is 16.4. The molecule has 1 N–H and O–H groups in total. The molecule has 2 amide bonds. The maximum absolute atomic E-state index is 12.3. The molecule has 2 fully saturated rings. The number of carbonyl (C=O) groups is 3. The Balaban J connectivity index is 1.77. The second-order valence-electron chi connectivity index (χ2n) is 5.70. The van der Waals surface area contributed by atoms with Crippen LogP contribution in [0.25, 0.3) is 0 Å². The van der Waals surface area contributed by atoms with E-state index in [9.17, 15) is 14.4 Å². The molecule has 1 saturated heterocycles. The summed E-state index contributed by atoms with van der Waals surface area (Å²) in [5, 5.41) is 9.01. The molecule has 0 spiro atoms. The summed E-state index contributed by atoms with van der Waals surface area (Å²) in [6.45, 7) is 0. The smallest absolute Gasteiger partial charge is 0.306 e. The van der Waals surface area contributed by atoms with Gasteiger partial charge in [0.15, 0.2) is 0 Å². The Labute approximate surface area is 111 Å². The predicted octanol–water partition coefficient (Wildman–Crippen LogP) is 1.19. The van der Waals surface area contributed by atoms with Gasteiger partial charge in [-0.2, -0.15) is 0 Å². The first kappa shape index (κ1) is 12.4. The lowest BCUT2D eigenvalue weighted by Crippen LogP contribution is -2.39. The molecule has 0 aromatic heterocycles. The van der Waals surface area contributed by atoms with Crippen LogP contribution in [0.2, 0.25) is 0 Å². The zero-order valence-electron chi connectivity index (χ0n) is 10.6. The number of amides is 2. The first-order chi connectivity index (χ1) is 9.09. The summed E-state index contributed by atoms with van der Waals surface area (Å²) < 4.78 is 0. The van der Waals surface area contributed by atoms with Crippen molar-refractivity contribution in [3.8, 4) is 0 Å². The quantitative estimate of drug-likeness (QED) is 0.600. The highest BCUT2D eigenvalue weighted by molar-refractivity contribution is 6.05. The van der Waals surface area contributed by atoms with Crippen molar-refractivity contribution in [3.63, 3.8) is 0 Å². The summed E-state index contributed by atoms with van der Waals surface area (Å²) in [5.74, 6) is -1.82. The van der Waals surface area contributed by atoms with Crippen LogP contribution in [0.3, 0.4) is 0 Å². The SMILES string of the molecule is O=C(O)C1CCC(N2C(=O)[C@H]3CC=CC[C@H]3C2=O)C1. The number of likely N-dealkylation sites (tertiary alicyclic amines) is 1. The molecule has 1 saturated carbocycles. The maximum atomic E-state index is 12.3.